The number of halogens is 1. The van der Waals surface area contributed by atoms with Crippen molar-refractivity contribution in [2.24, 2.45) is 5.92 Å². The van der Waals surface area contributed by atoms with E-state index < -0.39 is 10.0 Å². The minimum Gasteiger partial charge on any atom is -0.353 e. The summed E-state index contributed by atoms with van der Waals surface area (Å²) in [5.74, 6) is -0.443. The summed E-state index contributed by atoms with van der Waals surface area (Å²) in [6.07, 6.45) is 9.02. The minimum absolute atomic E-state index is 0.0240. The van der Waals surface area contributed by atoms with Crippen molar-refractivity contribution in [3.05, 3.63) is 22.2 Å². The number of fused-ring (bicyclic) bond motifs is 1. The number of carbonyl (C=O) groups excluding carboxylic acids is 2. The van der Waals surface area contributed by atoms with E-state index in [0.29, 0.717) is 48.9 Å². The average Bonchev–Trinajstić information content (AvgIpc) is 3.06. The first-order valence-corrected chi connectivity index (χ1v) is 14.5. The number of rotatable bonds is 5. The highest BCUT2D eigenvalue weighted by Crippen LogP contribution is 2.39. The second kappa shape index (κ2) is 10.4. The van der Waals surface area contributed by atoms with Crippen molar-refractivity contribution in [2.45, 2.75) is 82.1 Å². The molecule has 0 radical (unpaired) electrons. The fourth-order valence-electron chi connectivity index (χ4n) is 5.36. The van der Waals surface area contributed by atoms with Crippen molar-refractivity contribution >= 4 is 43.5 Å². The largest absolute Gasteiger partial charge is 0.353 e. The van der Waals surface area contributed by atoms with Crippen LogP contribution in [0.2, 0.25) is 0 Å². The van der Waals surface area contributed by atoms with Gasteiger partial charge < -0.3 is 10.2 Å². The Bertz CT molecular complexity index is 1010. The van der Waals surface area contributed by atoms with Crippen molar-refractivity contribution in [2.75, 3.05) is 24.5 Å². The molecule has 3 aliphatic rings. The van der Waals surface area contributed by atoms with Gasteiger partial charge in [-0.25, -0.2) is 8.42 Å². The number of benzene rings is 1. The maximum atomic E-state index is 13.8. The number of piperidine rings is 1. The smallest absolute Gasteiger partial charge is 0.245 e. The van der Waals surface area contributed by atoms with Crippen LogP contribution in [0.1, 0.15) is 70.3 Å². The molecule has 1 N–H and O–H groups in total. The van der Waals surface area contributed by atoms with Crippen molar-refractivity contribution in [3.63, 3.8) is 0 Å². The van der Waals surface area contributed by atoms with Crippen molar-refractivity contribution < 1.29 is 18.0 Å². The monoisotopic (exact) mass is 539 g/mol. The minimum atomic E-state index is -3.86. The van der Waals surface area contributed by atoms with Crippen molar-refractivity contribution in [3.8, 4) is 0 Å². The molecule has 2 fully saturated rings. The Labute approximate surface area is 205 Å². The normalized spacial score (nSPS) is 22.6. The molecule has 0 aromatic heterocycles. The van der Waals surface area contributed by atoms with Crippen LogP contribution >= 0.6 is 15.9 Å². The number of hydrogen-bond donors (Lipinski definition) is 1. The molecule has 1 aromatic carbocycles. The zero-order valence-electron chi connectivity index (χ0n) is 19.3. The van der Waals surface area contributed by atoms with Crippen LogP contribution in [0.15, 0.2) is 21.5 Å². The first kappa shape index (κ1) is 24.7. The molecule has 0 unspecified atom stereocenters. The van der Waals surface area contributed by atoms with Gasteiger partial charge in [0.2, 0.25) is 21.8 Å². The summed E-state index contributed by atoms with van der Waals surface area (Å²) in [5, 5.41) is 3.20. The molecule has 2 heterocycles. The summed E-state index contributed by atoms with van der Waals surface area (Å²) in [6, 6.07) is 3.70. The maximum absolute atomic E-state index is 13.8. The number of nitrogens with one attached hydrogen (secondary N) is 1. The van der Waals surface area contributed by atoms with Gasteiger partial charge in [0.05, 0.1) is 11.6 Å². The molecule has 1 atom stereocenters. The fourth-order valence-corrected chi connectivity index (χ4v) is 7.80. The number of hydrogen-bond acceptors (Lipinski definition) is 4. The Morgan fingerprint density at radius 2 is 1.79 bits per heavy atom. The highest BCUT2D eigenvalue weighted by atomic mass is 79.9. The summed E-state index contributed by atoms with van der Waals surface area (Å²) in [6.45, 7) is 2.85. The van der Waals surface area contributed by atoms with E-state index in [4.69, 9.17) is 0 Å². The zero-order chi connectivity index (χ0) is 23.6. The van der Waals surface area contributed by atoms with E-state index in [-0.39, 0.29) is 35.2 Å². The van der Waals surface area contributed by atoms with Gasteiger partial charge in [0, 0.05) is 36.6 Å². The molecular weight excluding hydrogens is 506 g/mol. The Morgan fingerprint density at radius 3 is 2.48 bits per heavy atom. The molecule has 1 aromatic rings. The average molecular weight is 541 g/mol. The number of amides is 2. The van der Waals surface area contributed by atoms with Crippen LogP contribution in [0.3, 0.4) is 0 Å². The molecule has 2 aliphatic heterocycles. The first-order valence-electron chi connectivity index (χ1n) is 12.2. The summed E-state index contributed by atoms with van der Waals surface area (Å²) in [7, 11) is -3.86. The quantitative estimate of drug-likeness (QED) is 0.573. The van der Waals surface area contributed by atoms with Crippen LogP contribution < -0.4 is 10.2 Å². The van der Waals surface area contributed by atoms with Gasteiger partial charge in [0.15, 0.2) is 0 Å². The molecule has 0 spiro atoms. The molecule has 1 saturated carbocycles. The summed E-state index contributed by atoms with van der Waals surface area (Å²) in [4.78, 5) is 27.3. The van der Waals surface area contributed by atoms with Gasteiger partial charge >= 0.3 is 0 Å². The topological polar surface area (TPSA) is 86.8 Å². The maximum Gasteiger partial charge on any atom is 0.245 e. The van der Waals surface area contributed by atoms with Crippen LogP contribution in [0, 0.1) is 5.92 Å². The summed E-state index contributed by atoms with van der Waals surface area (Å²) >= 11 is 3.45. The van der Waals surface area contributed by atoms with Gasteiger partial charge in [-0.1, -0.05) is 48.5 Å². The third kappa shape index (κ3) is 5.30. The van der Waals surface area contributed by atoms with E-state index in [9.17, 15) is 18.0 Å². The molecule has 33 heavy (non-hydrogen) atoms. The van der Waals surface area contributed by atoms with E-state index in [0.717, 1.165) is 31.2 Å². The van der Waals surface area contributed by atoms with Gasteiger partial charge in [0.1, 0.15) is 4.90 Å². The van der Waals surface area contributed by atoms with E-state index in [2.05, 4.69) is 21.2 Å². The molecule has 0 bridgehead atoms. The van der Waals surface area contributed by atoms with Gasteiger partial charge in [-0.05, 0) is 49.8 Å². The number of nitrogens with zero attached hydrogens (tertiary/aromatic N) is 2. The second-order valence-electron chi connectivity index (χ2n) is 9.46. The highest BCUT2D eigenvalue weighted by molar-refractivity contribution is 9.10. The standard InChI is InChI=1S/C24H34BrN3O4S/c1-2-22(29)28-13-11-17-14-19(25)15-21(23(17)28)33(31,32)27-12-7-8-18(16-27)24(30)26-20-9-5-3-4-6-10-20/h14-15,18,20H,2-13,16H2,1H3,(H,26,30)/t18-/m0/s1. The molecule has 1 aliphatic carbocycles. The van der Waals surface area contributed by atoms with Crippen LogP contribution in [0.4, 0.5) is 5.69 Å². The second-order valence-corrected chi connectivity index (χ2v) is 12.3. The third-order valence-corrected chi connectivity index (χ3v) is 9.51. The van der Waals surface area contributed by atoms with Gasteiger partial charge in [0.25, 0.3) is 0 Å². The predicted molar refractivity (Wildman–Crippen MR) is 132 cm³/mol. The molecule has 7 nitrogen and oxygen atoms in total. The molecule has 4 rings (SSSR count). The molecule has 2 amide bonds. The van der Waals surface area contributed by atoms with Crippen LogP contribution in [0.25, 0.3) is 0 Å². The first-order chi connectivity index (χ1) is 15.8. The van der Waals surface area contributed by atoms with Gasteiger partial charge in [-0.3, -0.25) is 9.59 Å². The molecular formula is C24H34BrN3O4S. The lowest BCUT2D eigenvalue weighted by Crippen LogP contribution is -2.47. The predicted octanol–water partition coefficient (Wildman–Crippen LogP) is 3.99. The Balaban J connectivity index is 1.55. The van der Waals surface area contributed by atoms with Gasteiger partial charge in [-0.15, -0.1) is 0 Å². The van der Waals surface area contributed by atoms with E-state index in [1.807, 2.05) is 6.07 Å². The lowest BCUT2D eigenvalue weighted by molar-refractivity contribution is -0.127. The Morgan fingerprint density at radius 1 is 1.06 bits per heavy atom. The van der Waals surface area contributed by atoms with E-state index >= 15 is 0 Å². The number of carbonyl (C=O) groups is 2. The Kier molecular flexibility index (Phi) is 7.80. The Hall–Kier alpha value is -1.45. The molecule has 9 heteroatoms. The molecule has 182 valence electrons. The summed E-state index contributed by atoms with van der Waals surface area (Å²) < 4.78 is 29.7. The SMILES string of the molecule is CCC(=O)N1CCc2cc(Br)cc(S(=O)(=O)N3CCC[C@H](C(=O)NC4CCCCCC4)C3)c21. The molecule has 1 saturated heterocycles. The van der Waals surface area contributed by atoms with Crippen molar-refractivity contribution in [1.29, 1.82) is 0 Å². The van der Waals surface area contributed by atoms with Crippen LogP contribution in [-0.4, -0.2) is 50.2 Å². The fraction of sp³-hybridized carbons (Fsp3) is 0.667. The lowest BCUT2D eigenvalue weighted by atomic mass is 9.97. The van der Waals surface area contributed by atoms with E-state index in [1.165, 1.54) is 17.1 Å². The van der Waals surface area contributed by atoms with Crippen LogP contribution in [0.5, 0.6) is 0 Å². The highest BCUT2D eigenvalue weighted by Gasteiger charge is 2.38. The van der Waals surface area contributed by atoms with Crippen LogP contribution in [-0.2, 0) is 26.0 Å². The third-order valence-electron chi connectivity index (χ3n) is 7.17. The number of anilines is 1. The number of sulfonamides is 1. The van der Waals surface area contributed by atoms with Crippen molar-refractivity contribution in [1.82, 2.24) is 9.62 Å². The zero-order valence-corrected chi connectivity index (χ0v) is 21.7. The van der Waals surface area contributed by atoms with Gasteiger partial charge in [-0.2, -0.15) is 4.31 Å². The lowest BCUT2D eigenvalue weighted by Gasteiger charge is -2.33. The van der Waals surface area contributed by atoms with E-state index in [1.54, 1.807) is 17.9 Å². The summed E-state index contributed by atoms with van der Waals surface area (Å²) in [5.41, 5.74) is 1.37.